The van der Waals surface area contributed by atoms with Crippen LogP contribution in [0, 0.1) is 5.41 Å². The van der Waals surface area contributed by atoms with Crippen molar-refractivity contribution in [3.8, 4) is 0 Å². The van der Waals surface area contributed by atoms with Crippen LogP contribution in [0.25, 0.3) is 0 Å². The molecule has 0 bridgehead atoms. The molecule has 0 saturated carbocycles. The Kier molecular flexibility index (Phi) is 57.2. The van der Waals surface area contributed by atoms with E-state index in [0.717, 1.165) is 169 Å². The van der Waals surface area contributed by atoms with Crippen molar-refractivity contribution in [1.29, 1.82) is 0 Å². The van der Waals surface area contributed by atoms with Crippen LogP contribution in [0.1, 0.15) is 110 Å². The summed E-state index contributed by atoms with van der Waals surface area (Å²) >= 11 is 0. The molecule has 0 heterocycles. The molecule has 40 heteroatoms. The molecule has 0 spiro atoms. The van der Waals surface area contributed by atoms with Crippen molar-refractivity contribution < 1.29 is 124 Å². The molecule has 0 aromatic rings. The molecule has 0 N–H and O–H groups in total. The van der Waals surface area contributed by atoms with Crippen molar-refractivity contribution >= 4 is 109 Å². The summed E-state index contributed by atoms with van der Waals surface area (Å²) in [6, 6.07) is 18.1. The summed E-state index contributed by atoms with van der Waals surface area (Å²) in [5.74, 6) is 0.195. The Morgan fingerprint density at radius 3 is 0.374 bits per heavy atom. The molecule has 0 saturated heterocycles. The van der Waals surface area contributed by atoms with Gasteiger partial charge in [-0.2, -0.15) is 0 Å². The lowest BCUT2D eigenvalue weighted by Gasteiger charge is -2.40. The number of hydrogen-bond acceptors (Lipinski definition) is 28. The van der Waals surface area contributed by atoms with Gasteiger partial charge in [-0.25, -0.2) is 0 Å². The van der Waals surface area contributed by atoms with Crippen molar-refractivity contribution in [2.24, 2.45) is 5.41 Å². The fraction of sp³-hybridized carbons (Fsp3) is 0.985. The lowest BCUT2D eigenvalue weighted by Crippen LogP contribution is -2.45. The second kappa shape index (κ2) is 56.6. The molecule has 107 heavy (non-hydrogen) atoms. The molecule has 0 fully saturated rings. The maximum Gasteiger partial charge on any atom is 0.500 e. The number of rotatable bonds is 77. The van der Waals surface area contributed by atoms with E-state index in [0.29, 0.717) is 60.8 Å². The summed E-state index contributed by atoms with van der Waals surface area (Å²) in [5.41, 5.74) is -0.373. The van der Waals surface area contributed by atoms with Crippen LogP contribution < -0.4 is 0 Å². The van der Waals surface area contributed by atoms with Crippen LogP contribution in [0.3, 0.4) is 0 Å². The van der Waals surface area contributed by atoms with E-state index in [4.69, 9.17) is 120 Å². The fourth-order valence-electron chi connectivity index (χ4n) is 17.1. The van der Waals surface area contributed by atoms with E-state index in [9.17, 15) is 4.79 Å². The minimum absolute atomic E-state index is 0.195. The van der Waals surface area contributed by atoms with Crippen molar-refractivity contribution in [3.63, 3.8) is 0 Å². The van der Waals surface area contributed by atoms with Gasteiger partial charge in [0.05, 0.1) is 24.2 Å². The zero-order valence-electron chi connectivity index (χ0n) is 72.6. The van der Waals surface area contributed by atoms with Crippen LogP contribution in [0.15, 0.2) is 0 Å². The van der Waals surface area contributed by atoms with E-state index in [2.05, 4.69) is 0 Å². The number of Topliss-reactive ketones (excluding diaryl/α,β-unsaturated/α-hetero) is 1. The van der Waals surface area contributed by atoms with Crippen LogP contribution in [-0.2, 0) is 124 Å². The monoisotopic (exact) mass is 1750 g/mol. The van der Waals surface area contributed by atoms with Crippen molar-refractivity contribution in [1.82, 2.24) is 0 Å². The first kappa shape index (κ1) is 108. The SMILES string of the molecule is CO[Si](CCC[Si](CCCC(CCC[Si](CCC[Si](OC)(OC)OC)(CCC[Si](OC)(OC)OC)CCC[Si](OC)(OC)OC)(CCC[Si](CCC[Si](OC)(OC)OC)(CCC[Si](OC)(OC)OC)CCC[Si](OC)(OC)OC)CC(C)=O)(CCC[Si](OC)(OC)OC)CCC[Si](OC)(OC)OC)(OC)OC. The number of ketones is 1. The highest BCUT2D eigenvalue weighted by Crippen LogP contribution is 2.48. The van der Waals surface area contributed by atoms with Crippen LogP contribution in [-0.4, -0.2) is 301 Å². The summed E-state index contributed by atoms with van der Waals surface area (Å²) in [6.45, 7) is 1.80. The Bertz CT molecular complexity index is 1720. The summed E-state index contributed by atoms with van der Waals surface area (Å²) in [7, 11) is 11.7. The standard InChI is InChI=1S/C67H158O28Si12/c1-66(68)65-67(41-29-44-96(47-32-56-99(69-2,70-3)71-4,48-33-57-100(72-5,73-6)74-7)49-34-58-101(75-8,76-9)77-10,42-30-45-97(50-35-59-102(78-11,79-12)80-13,51-36-60-103(81-14,82-15)83-16)52-37-61-104(84-17,85-18)86-19)43-31-46-98(53-38-62-105(87-20,88-21)89-22,54-39-63-106(90-23,91-24)92-25)55-40-64-107(93-26,94-27)95-28/h29-65H2,1-28H3. The molecular weight excluding hydrogens is 1590 g/mol. The molecular formula is C67H158O28Si12. The van der Waals surface area contributed by atoms with Gasteiger partial charge in [0.15, 0.2) is 0 Å². The molecule has 0 aromatic carbocycles. The number of carbonyl (C=O) groups excluding carboxylic acids is 1. The van der Waals surface area contributed by atoms with Gasteiger partial charge in [0.2, 0.25) is 0 Å². The maximum absolute atomic E-state index is 14.8. The predicted octanol–water partition coefficient (Wildman–Crippen LogP) is 14.1. The Labute approximate surface area is 663 Å². The van der Waals surface area contributed by atoms with Gasteiger partial charge < -0.3 is 124 Å². The summed E-state index contributed by atoms with van der Waals surface area (Å²) in [4.78, 5) is 14.8. The van der Waals surface area contributed by atoms with Crippen molar-refractivity contribution in [2.75, 3.05) is 192 Å². The second-order valence-electron chi connectivity index (χ2n) is 28.8. The predicted molar refractivity (Wildman–Crippen MR) is 446 cm³/mol. The second-order valence-corrected chi connectivity index (χ2v) is 71.6. The fourth-order valence-corrected chi connectivity index (χ4v) is 51.4. The molecule has 0 unspecified atom stereocenters. The minimum Gasteiger partial charge on any atom is -0.377 e. The van der Waals surface area contributed by atoms with E-state index in [1.165, 1.54) is 0 Å². The molecule has 0 aromatic heterocycles. The Hall–Kier alpha value is 1.19. The van der Waals surface area contributed by atoms with E-state index in [1.54, 1.807) is 199 Å². The smallest absolute Gasteiger partial charge is 0.377 e. The lowest BCUT2D eigenvalue weighted by molar-refractivity contribution is -0.119. The van der Waals surface area contributed by atoms with E-state index >= 15 is 0 Å². The van der Waals surface area contributed by atoms with Gasteiger partial charge >= 0.3 is 79.2 Å². The molecule has 0 aliphatic carbocycles. The van der Waals surface area contributed by atoms with E-state index in [-0.39, 0.29) is 11.2 Å². The molecule has 0 aliphatic heterocycles. The zero-order chi connectivity index (χ0) is 81.3. The highest BCUT2D eigenvalue weighted by atomic mass is 28.4. The van der Waals surface area contributed by atoms with Crippen LogP contribution in [0.5, 0.6) is 0 Å². The van der Waals surface area contributed by atoms with Crippen LogP contribution in [0.4, 0.5) is 0 Å². The number of carbonyl (C=O) groups is 1. The zero-order valence-corrected chi connectivity index (χ0v) is 84.6. The molecule has 642 valence electrons. The highest BCUT2D eigenvalue weighted by Gasteiger charge is 2.49. The van der Waals surface area contributed by atoms with Gasteiger partial charge in [0, 0.05) is 253 Å². The maximum atomic E-state index is 14.8. The summed E-state index contributed by atoms with van der Waals surface area (Å²) in [5, 5.41) is 0. The largest absolute Gasteiger partial charge is 0.500 e. The summed E-state index contributed by atoms with van der Waals surface area (Å²) < 4.78 is 164. The van der Waals surface area contributed by atoms with Crippen LogP contribution >= 0.6 is 0 Å². The first-order valence-corrected chi connectivity index (χ1v) is 64.3. The van der Waals surface area contributed by atoms with Gasteiger partial charge in [-0.1, -0.05) is 150 Å². The molecule has 0 atom stereocenters. The average Bonchev–Trinajstić information content (AvgIpc) is 0.831. The Morgan fingerprint density at radius 2 is 0.280 bits per heavy atom. The Balaban J connectivity index is 9.37. The minimum atomic E-state index is -2.98. The average molecular weight is 1750 g/mol. The van der Waals surface area contributed by atoms with E-state index < -0.39 is 103 Å². The third kappa shape index (κ3) is 35.3. The van der Waals surface area contributed by atoms with Gasteiger partial charge in [0.1, 0.15) is 5.78 Å². The molecule has 0 amide bonds. The normalized spacial score (nSPS) is 14.0. The molecule has 0 aliphatic rings. The highest BCUT2D eigenvalue weighted by molar-refractivity contribution is 6.81. The van der Waals surface area contributed by atoms with Crippen molar-refractivity contribution in [2.45, 2.75) is 237 Å². The quantitative estimate of drug-likeness (QED) is 0.0512. The first-order chi connectivity index (χ1) is 51.0. The van der Waals surface area contributed by atoms with Gasteiger partial charge in [0.25, 0.3) is 0 Å². The van der Waals surface area contributed by atoms with Crippen molar-refractivity contribution in [3.05, 3.63) is 0 Å². The molecule has 28 nitrogen and oxygen atoms in total. The topological polar surface area (TPSA) is 266 Å². The van der Waals surface area contributed by atoms with Gasteiger partial charge in [-0.05, 0) is 31.6 Å². The molecule has 0 rings (SSSR count). The lowest BCUT2D eigenvalue weighted by atomic mass is 9.72. The van der Waals surface area contributed by atoms with Crippen LogP contribution in [0.2, 0.25) is 127 Å². The third-order valence-corrected chi connectivity index (χ3v) is 66.4. The van der Waals surface area contributed by atoms with Gasteiger partial charge in [-0.3, -0.25) is 0 Å². The van der Waals surface area contributed by atoms with Gasteiger partial charge in [-0.15, -0.1) is 0 Å². The third-order valence-electron chi connectivity index (χ3n) is 24.0. The number of hydrogen-bond donors (Lipinski definition) is 0. The Morgan fingerprint density at radius 1 is 0.178 bits per heavy atom. The van der Waals surface area contributed by atoms with E-state index in [1.807, 2.05) is 0 Å². The summed E-state index contributed by atoms with van der Waals surface area (Å²) in [6.07, 6.45) is 13.6. The molecule has 0 radical (unpaired) electrons. The first-order valence-electron chi connectivity index (χ1n) is 38.4.